The minimum absolute atomic E-state index is 0.133. The molecule has 1 N–H and O–H groups in total. The number of rotatable bonds is 5. The molecular formula is C22H23N5O4S. The van der Waals surface area contributed by atoms with E-state index in [1.165, 1.54) is 26.4 Å². The molecule has 0 aliphatic carbocycles. The van der Waals surface area contributed by atoms with Crippen LogP contribution in [-0.4, -0.2) is 47.5 Å². The third kappa shape index (κ3) is 3.67. The number of anilines is 1. The van der Waals surface area contributed by atoms with Crippen LogP contribution in [0.15, 0.2) is 52.0 Å². The lowest BCUT2D eigenvalue weighted by Gasteiger charge is -2.15. The first-order valence-corrected chi connectivity index (χ1v) is 11.3. The van der Waals surface area contributed by atoms with E-state index in [1.54, 1.807) is 55.9 Å². The number of aryl methyl sites for hydroxylation is 3. The zero-order valence-corrected chi connectivity index (χ0v) is 19.2. The summed E-state index contributed by atoms with van der Waals surface area (Å²) >= 11 is 0. The Labute approximate surface area is 185 Å². The van der Waals surface area contributed by atoms with Crippen molar-refractivity contribution >= 4 is 32.7 Å². The standard InChI is InChI=1S/C22H23N5O4S/c1-13-8-9-15(11-19(13)32(29,30)26(3)4)23-22(28)16-12-17(18-7-6-10-31-18)24-21-20(16)14(2)25-27(21)5/h6-12H,1-5H3,(H,23,28). The number of sulfonamides is 1. The molecule has 0 aliphatic heterocycles. The van der Waals surface area contributed by atoms with Crippen LogP contribution in [0.2, 0.25) is 0 Å². The van der Waals surface area contributed by atoms with Gasteiger partial charge in [0.05, 0.1) is 27.8 Å². The van der Waals surface area contributed by atoms with Crippen LogP contribution < -0.4 is 5.32 Å². The summed E-state index contributed by atoms with van der Waals surface area (Å²) in [7, 11) is 1.03. The summed E-state index contributed by atoms with van der Waals surface area (Å²) in [6.07, 6.45) is 1.54. The second kappa shape index (κ2) is 7.88. The predicted octanol–water partition coefficient (Wildman–Crippen LogP) is 3.35. The predicted molar refractivity (Wildman–Crippen MR) is 121 cm³/mol. The average Bonchev–Trinajstić information content (AvgIpc) is 3.37. The Bertz CT molecular complexity index is 1440. The van der Waals surface area contributed by atoms with E-state index in [-0.39, 0.29) is 4.90 Å². The fraction of sp³-hybridized carbons (Fsp3) is 0.227. The second-order valence-corrected chi connectivity index (χ2v) is 9.78. The van der Waals surface area contributed by atoms with E-state index in [0.717, 1.165) is 4.31 Å². The van der Waals surface area contributed by atoms with Gasteiger partial charge in [0.2, 0.25) is 10.0 Å². The maximum absolute atomic E-state index is 13.3. The molecule has 4 aromatic rings. The van der Waals surface area contributed by atoms with Crippen LogP contribution in [0, 0.1) is 13.8 Å². The lowest BCUT2D eigenvalue weighted by atomic mass is 10.1. The Kier molecular flexibility index (Phi) is 5.35. The van der Waals surface area contributed by atoms with Crippen molar-refractivity contribution in [2.24, 2.45) is 7.05 Å². The molecule has 0 unspecified atom stereocenters. The molecule has 166 valence electrons. The number of nitrogens with zero attached hydrogens (tertiary/aromatic N) is 4. The second-order valence-electron chi connectivity index (χ2n) is 7.66. The number of pyridine rings is 1. The van der Waals surface area contributed by atoms with Crippen LogP contribution in [0.1, 0.15) is 21.6 Å². The SMILES string of the molecule is Cc1ccc(NC(=O)c2cc(-c3ccco3)nc3c2c(C)nn3C)cc1S(=O)(=O)N(C)C. The molecule has 4 rings (SSSR count). The Balaban J connectivity index is 1.80. The molecular weight excluding hydrogens is 430 g/mol. The number of hydrogen-bond acceptors (Lipinski definition) is 6. The highest BCUT2D eigenvalue weighted by Gasteiger charge is 2.23. The first kappa shape index (κ1) is 21.7. The largest absolute Gasteiger partial charge is 0.463 e. The van der Waals surface area contributed by atoms with Gasteiger partial charge < -0.3 is 9.73 Å². The highest BCUT2D eigenvalue weighted by molar-refractivity contribution is 7.89. The quantitative estimate of drug-likeness (QED) is 0.496. The molecule has 0 bridgehead atoms. The third-order valence-corrected chi connectivity index (χ3v) is 7.15. The molecule has 10 heteroatoms. The summed E-state index contributed by atoms with van der Waals surface area (Å²) in [4.78, 5) is 18.1. The zero-order chi connectivity index (χ0) is 23.2. The van der Waals surface area contributed by atoms with Gasteiger partial charge in [-0.2, -0.15) is 5.10 Å². The number of carbonyl (C=O) groups is 1. The van der Waals surface area contributed by atoms with E-state index >= 15 is 0 Å². The number of fused-ring (bicyclic) bond motifs is 1. The van der Waals surface area contributed by atoms with Gasteiger partial charge in [-0.25, -0.2) is 17.7 Å². The smallest absolute Gasteiger partial charge is 0.256 e. The van der Waals surface area contributed by atoms with Crippen molar-refractivity contribution in [2.45, 2.75) is 18.7 Å². The normalized spacial score (nSPS) is 11.9. The number of benzene rings is 1. The Morgan fingerprint density at radius 3 is 2.56 bits per heavy atom. The number of nitrogens with one attached hydrogen (secondary N) is 1. The molecule has 0 fully saturated rings. The van der Waals surface area contributed by atoms with Crippen LogP contribution >= 0.6 is 0 Å². The number of aromatic nitrogens is 3. The molecule has 1 amide bonds. The zero-order valence-electron chi connectivity index (χ0n) is 18.4. The summed E-state index contributed by atoms with van der Waals surface area (Å²) in [6.45, 7) is 3.52. The fourth-order valence-corrected chi connectivity index (χ4v) is 4.67. The topological polar surface area (TPSA) is 110 Å². The monoisotopic (exact) mass is 453 g/mol. The van der Waals surface area contributed by atoms with Crippen LogP contribution in [0.25, 0.3) is 22.5 Å². The molecule has 0 saturated heterocycles. The molecule has 0 atom stereocenters. The molecule has 0 radical (unpaired) electrons. The van der Waals surface area contributed by atoms with Crippen molar-refractivity contribution in [3.8, 4) is 11.5 Å². The van der Waals surface area contributed by atoms with Gasteiger partial charge in [0.1, 0.15) is 5.69 Å². The maximum Gasteiger partial charge on any atom is 0.256 e. The number of amides is 1. The molecule has 32 heavy (non-hydrogen) atoms. The van der Waals surface area contributed by atoms with Gasteiger partial charge in [0.15, 0.2) is 11.4 Å². The van der Waals surface area contributed by atoms with E-state index in [9.17, 15) is 13.2 Å². The maximum atomic E-state index is 13.3. The van der Waals surface area contributed by atoms with Crippen LogP contribution in [-0.2, 0) is 17.1 Å². The number of hydrogen-bond donors (Lipinski definition) is 1. The van der Waals surface area contributed by atoms with Gasteiger partial charge in [-0.3, -0.25) is 9.48 Å². The molecule has 3 aromatic heterocycles. The minimum Gasteiger partial charge on any atom is -0.463 e. The Hall–Kier alpha value is -3.50. The van der Waals surface area contributed by atoms with E-state index < -0.39 is 15.9 Å². The Morgan fingerprint density at radius 2 is 1.91 bits per heavy atom. The van der Waals surface area contributed by atoms with E-state index in [0.29, 0.717) is 45.0 Å². The van der Waals surface area contributed by atoms with Crippen LogP contribution in [0.3, 0.4) is 0 Å². The first-order chi connectivity index (χ1) is 15.1. The lowest BCUT2D eigenvalue weighted by Crippen LogP contribution is -2.23. The van der Waals surface area contributed by atoms with E-state index in [2.05, 4.69) is 15.4 Å². The molecule has 3 heterocycles. The van der Waals surface area contributed by atoms with E-state index in [4.69, 9.17) is 4.42 Å². The van der Waals surface area contributed by atoms with Crippen molar-refractivity contribution in [1.29, 1.82) is 0 Å². The summed E-state index contributed by atoms with van der Waals surface area (Å²) in [5.41, 5.74) is 3.02. The lowest BCUT2D eigenvalue weighted by molar-refractivity contribution is 0.102. The summed E-state index contributed by atoms with van der Waals surface area (Å²) in [5, 5.41) is 7.84. The molecule has 1 aromatic carbocycles. The molecule has 0 spiro atoms. The summed E-state index contributed by atoms with van der Waals surface area (Å²) < 4.78 is 33.5. The summed E-state index contributed by atoms with van der Waals surface area (Å²) in [5.74, 6) is 0.118. The highest BCUT2D eigenvalue weighted by atomic mass is 32.2. The van der Waals surface area contributed by atoms with Gasteiger partial charge in [-0.15, -0.1) is 0 Å². The number of furan rings is 1. The Morgan fingerprint density at radius 1 is 1.16 bits per heavy atom. The fourth-order valence-electron chi connectivity index (χ4n) is 3.53. The molecule has 0 saturated carbocycles. The van der Waals surface area contributed by atoms with Gasteiger partial charge >= 0.3 is 0 Å². The van der Waals surface area contributed by atoms with Crippen molar-refractivity contribution in [3.63, 3.8) is 0 Å². The van der Waals surface area contributed by atoms with Crippen LogP contribution in [0.4, 0.5) is 5.69 Å². The van der Waals surface area contributed by atoms with Crippen molar-refractivity contribution in [3.05, 3.63) is 59.5 Å². The molecule has 9 nitrogen and oxygen atoms in total. The third-order valence-electron chi connectivity index (χ3n) is 5.19. The first-order valence-electron chi connectivity index (χ1n) is 9.82. The van der Waals surface area contributed by atoms with Gasteiger partial charge in [0.25, 0.3) is 5.91 Å². The summed E-state index contributed by atoms with van der Waals surface area (Å²) in [6, 6.07) is 9.95. The van der Waals surface area contributed by atoms with Gasteiger partial charge in [0, 0.05) is 26.8 Å². The highest BCUT2D eigenvalue weighted by Crippen LogP contribution is 2.28. The van der Waals surface area contributed by atoms with Crippen LogP contribution in [0.5, 0.6) is 0 Å². The van der Waals surface area contributed by atoms with Crippen molar-refractivity contribution in [1.82, 2.24) is 19.1 Å². The molecule has 0 aliphatic rings. The van der Waals surface area contributed by atoms with Crippen molar-refractivity contribution < 1.29 is 17.6 Å². The van der Waals surface area contributed by atoms with Gasteiger partial charge in [-0.1, -0.05) is 6.07 Å². The minimum atomic E-state index is -3.66. The van der Waals surface area contributed by atoms with Crippen molar-refractivity contribution in [2.75, 3.05) is 19.4 Å². The van der Waals surface area contributed by atoms with Gasteiger partial charge in [-0.05, 0) is 49.7 Å². The van der Waals surface area contributed by atoms with E-state index in [1.807, 2.05) is 0 Å². The number of carbonyl (C=O) groups excluding carboxylic acids is 1. The average molecular weight is 454 g/mol.